The maximum atomic E-state index is 9.57. The van der Waals surface area contributed by atoms with Crippen LogP contribution in [0.4, 0.5) is 0 Å². The fourth-order valence-electron chi connectivity index (χ4n) is 4.20. The molecule has 2 atom stereocenters. The van der Waals surface area contributed by atoms with E-state index in [1.165, 1.54) is 43.5 Å². The van der Waals surface area contributed by atoms with Gasteiger partial charge in [-0.2, -0.15) is 0 Å². The minimum atomic E-state index is 0.275. The van der Waals surface area contributed by atoms with E-state index in [0.717, 1.165) is 18.9 Å². The van der Waals surface area contributed by atoms with Gasteiger partial charge < -0.3 is 9.84 Å². The van der Waals surface area contributed by atoms with Gasteiger partial charge in [0.05, 0.1) is 0 Å². The predicted octanol–water partition coefficient (Wildman–Crippen LogP) is 5.25. The molecule has 4 rings (SSSR count). The normalized spacial score (nSPS) is 22.3. The lowest BCUT2D eigenvalue weighted by Crippen LogP contribution is -2.33. The molecular weight excluding hydrogens is 346 g/mol. The van der Waals surface area contributed by atoms with Crippen molar-refractivity contribution in [1.29, 1.82) is 0 Å². The zero-order valence-corrected chi connectivity index (χ0v) is 16.3. The highest BCUT2D eigenvalue weighted by Gasteiger charge is 2.22. The predicted molar refractivity (Wildman–Crippen MR) is 114 cm³/mol. The lowest BCUT2D eigenvalue weighted by molar-refractivity contribution is 0.183. The largest absolute Gasteiger partial charge is 0.508 e. The highest BCUT2D eigenvalue weighted by Crippen LogP contribution is 2.38. The highest BCUT2D eigenvalue weighted by atomic mass is 16.5. The molecule has 0 bridgehead atoms. The van der Waals surface area contributed by atoms with Crippen LogP contribution in [0.5, 0.6) is 11.5 Å². The molecule has 0 aromatic heterocycles. The van der Waals surface area contributed by atoms with Gasteiger partial charge >= 0.3 is 0 Å². The summed E-state index contributed by atoms with van der Waals surface area (Å²) in [5.74, 6) is 1.81. The third kappa shape index (κ3) is 4.66. The molecule has 0 unspecified atom stereocenters. The fourth-order valence-corrected chi connectivity index (χ4v) is 4.20. The van der Waals surface area contributed by atoms with Gasteiger partial charge in [0.25, 0.3) is 0 Å². The van der Waals surface area contributed by atoms with Gasteiger partial charge in [0.15, 0.2) is 0 Å². The Morgan fingerprint density at radius 2 is 1.36 bits per heavy atom. The van der Waals surface area contributed by atoms with E-state index in [4.69, 9.17) is 4.74 Å². The number of nitrogens with zero attached hydrogens (tertiary/aromatic N) is 1. The quantitative estimate of drug-likeness (QED) is 0.748. The van der Waals surface area contributed by atoms with Gasteiger partial charge in [-0.05, 0) is 61.3 Å². The van der Waals surface area contributed by atoms with Crippen LogP contribution >= 0.6 is 0 Å². The van der Waals surface area contributed by atoms with Gasteiger partial charge in [0, 0.05) is 18.4 Å². The third-order valence-corrected chi connectivity index (χ3v) is 5.80. The zero-order valence-electron chi connectivity index (χ0n) is 16.3. The molecule has 28 heavy (non-hydrogen) atoms. The maximum absolute atomic E-state index is 9.57. The number of ether oxygens (including phenoxy) is 1. The number of likely N-dealkylation sites (tertiary alicyclic amines) is 1. The van der Waals surface area contributed by atoms with Crippen LogP contribution in [0.3, 0.4) is 0 Å². The molecule has 3 heteroatoms. The molecule has 1 heterocycles. The Balaban J connectivity index is 1.38. The molecule has 1 saturated heterocycles. The standard InChI is InChI=1S/C25H29NO2/c27-22-12-8-20(9-13-22)24-6-2-3-7-25(24)21-10-14-23(15-11-21)28-19-18-26-16-4-1-5-17-26/h2-3,6-15,24-25,27H,1,4-5,16-19H2/t24-,25+/m0/s1. The summed E-state index contributed by atoms with van der Waals surface area (Å²) in [6.45, 7) is 4.19. The first-order chi connectivity index (χ1) is 13.8. The second-order valence-electron chi connectivity index (χ2n) is 7.73. The van der Waals surface area contributed by atoms with Crippen LogP contribution in [-0.2, 0) is 0 Å². The van der Waals surface area contributed by atoms with Crippen molar-refractivity contribution < 1.29 is 9.84 Å². The van der Waals surface area contributed by atoms with Crippen LogP contribution < -0.4 is 4.74 Å². The first-order valence-electron chi connectivity index (χ1n) is 10.4. The fraction of sp³-hybridized carbons (Fsp3) is 0.360. The second kappa shape index (κ2) is 9.11. The zero-order chi connectivity index (χ0) is 19.2. The number of piperidine rings is 1. The lowest BCUT2D eigenvalue weighted by atomic mass is 9.79. The molecular formula is C25H29NO2. The lowest BCUT2D eigenvalue weighted by Gasteiger charge is -2.26. The van der Waals surface area contributed by atoms with E-state index in [2.05, 4.69) is 53.5 Å². The van der Waals surface area contributed by atoms with Crippen molar-refractivity contribution in [3.05, 3.63) is 84.0 Å². The number of rotatable bonds is 6. The van der Waals surface area contributed by atoms with Crippen LogP contribution in [0, 0.1) is 0 Å². The Hall–Kier alpha value is -2.52. The summed E-state index contributed by atoms with van der Waals surface area (Å²) in [4.78, 5) is 2.50. The molecule has 0 amide bonds. The van der Waals surface area contributed by atoms with Crippen molar-refractivity contribution in [1.82, 2.24) is 4.90 Å². The van der Waals surface area contributed by atoms with Crippen LogP contribution in [0.1, 0.15) is 42.2 Å². The van der Waals surface area contributed by atoms with Crippen molar-refractivity contribution in [2.45, 2.75) is 31.1 Å². The van der Waals surface area contributed by atoms with E-state index >= 15 is 0 Å². The minimum absolute atomic E-state index is 0.275. The number of hydrogen-bond acceptors (Lipinski definition) is 3. The monoisotopic (exact) mass is 375 g/mol. The summed E-state index contributed by atoms with van der Waals surface area (Å²) in [7, 11) is 0. The number of hydrogen-bond donors (Lipinski definition) is 1. The van der Waals surface area contributed by atoms with Gasteiger partial charge in [-0.25, -0.2) is 0 Å². The molecule has 2 aliphatic rings. The van der Waals surface area contributed by atoms with E-state index < -0.39 is 0 Å². The van der Waals surface area contributed by atoms with E-state index in [1.807, 2.05) is 12.1 Å². The molecule has 3 nitrogen and oxygen atoms in total. The van der Waals surface area contributed by atoms with E-state index in [1.54, 1.807) is 12.1 Å². The summed E-state index contributed by atoms with van der Waals surface area (Å²) >= 11 is 0. The molecule has 0 saturated carbocycles. The van der Waals surface area contributed by atoms with E-state index in [0.29, 0.717) is 5.75 Å². The molecule has 1 fully saturated rings. The van der Waals surface area contributed by atoms with E-state index in [-0.39, 0.29) is 11.8 Å². The third-order valence-electron chi connectivity index (χ3n) is 5.80. The summed E-state index contributed by atoms with van der Waals surface area (Å²) in [6.07, 6.45) is 12.7. The van der Waals surface area contributed by atoms with Gasteiger partial charge in [-0.3, -0.25) is 4.90 Å². The first kappa shape index (κ1) is 18.8. The van der Waals surface area contributed by atoms with Crippen molar-refractivity contribution in [3.63, 3.8) is 0 Å². The smallest absolute Gasteiger partial charge is 0.119 e. The summed E-state index contributed by atoms with van der Waals surface area (Å²) < 4.78 is 5.97. The molecule has 1 N–H and O–H groups in total. The van der Waals surface area contributed by atoms with Crippen molar-refractivity contribution in [2.75, 3.05) is 26.2 Å². The summed E-state index contributed by atoms with van der Waals surface area (Å²) in [5, 5.41) is 9.57. The van der Waals surface area contributed by atoms with Crippen LogP contribution in [0.15, 0.2) is 72.8 Å². The molecule has 146 valence electrons. The van der Waals surface area contributed by atoms with Gasteiger partial charge in [0.1, 0.15) is 18.1 Å². The van der Waals surface area contributed by atoms with Crippen LogP contribution in [-0.4, -0.2) is 36.2 Å². The summed E-state index contributed by atoms with van der Waals surface area (Å²) in [6, 6.07) is 16.1. The minimum Gasteiger partial charge on any atom is -0.508 e. The highest BCUT2D eigenvalue weighted by molar-refractivity contribution is 5.42. The van der Waals surface area contributed by atoms with Gasteiger partial charge in [0.2, 0.25) is 0 Å². The number of phenolic OH excluding ortho intramolecular Hbond substituents is 1. The number of phenols is 1. The van der Waals surface area contributed by atoms with E-state index in [9.17, 15) is 5.11 Å². The second-order valence-corrected chi connectivity index (χ2v) is 7.73. The topological polar surface area (TPSA) is 32.7 Å². The average molecular weight is 376 g/mol. The Bertz CT molecular complexity index is 801. The molecule has 2 aromatic carbocycles. The van der Waals surface area contributed by atoms with Crippen LogP contribution in [0.25, 0.3) is 0 Å². The molecule has 1 aliphatic heterocycles. The van der Waals surface area contributed by atoms with Crippen molar-refractivity contribution in [3.8, 4) is 11.5 Å². The SMILES string of the molecule is Oc1ccc([C@@H]2C=CC=C[C@@H]2c2ccc(OCCN3CCCCC3)cc2)cc1. The van der Waals surface area contributed by atoms with Crippen molar-refractivity contribution in [2.24, 2.45) is 0 Å². The Morgan fingerprint density at radius 1 is 0.786 bits per heavy atom. The number of benzene rings is 2. The Morgan fingerprint density at radius 3 is 1.96 bits per heavy atom. The molecule has 0 radical (unpaired) electrons. The molecule has 0 spiro atoms. The van der Waals surface area contributed by atoms with Gasteiger partial charge in [-0.1, -0.05) is 55.0 Å². The Labute approximate surface area is 168 Å². The molecule has 2 aromatic rings. The molecule has 1 aliphatic carbocycles. The number of aromatic hydroxyl groups is 1. The average Bonchev–Trinajstić information content (AvgIpc) is 2.76. The van der Waals surface area contributed by atoms with Crippen molar-refractivity contribution >= 4 is 0 Å². The maximum Gasteiger partial charge on any atom is 0.119 e. The van der Waals surface area contributed by atoms with Gasteiger partial charge in [-0.15, -0.1) is 0 Å². The Kier molecular flexibility index (Phi) is 6.13. The van der Waals surface area contributed by atoms with Crippen LogP contribution in [0.2, 0.25) is 0 Å². The first-order valence-corrected chi connectivity index (χ1v) is 10.4. The summed E-state index contributed by atoms with van der Waals surface area (Å²) in [5.41, 5.74) is 2.49. The number of allylic oxidation sites excluding steroid dienone is 4.